The largest absolute Gasteiger partial charge is 0.462 e. The first-order chi connectivity index (χ1) is 11.3. The number of benzene rings is 2. The second kappa shape index (κ2) is 6.92. The van der Waals surface area contributed by atoms with Crippen molar-refractivity contribution >= 4 is 5.97 Å². The molecule has 1 heterocycles. The highest BCUT2D eigenvalue weighted by atomic mass is 16.5. The van der Waals surface area contributed by atoms with Crippen LogP contribution >= 0.6 is 0 Å². The Hall–Kier alpha value is -2.88. The smallest absolute Gasteiger partial charge is 0.341 e. The van der Waals surface area contributed by atoms with E-state index in [0.717, 1.165) is 11.1 Å². The van der Waals surface area contributed by atoms with Crippen molar-refractivity contribution in [3.05, 3.63) is 78.0 Å². The first kappa shape index (κ1) is 15.0. The van der Waals surface area contributed by atoms with Crippen LogP contribution in [0.1, 0.15) is 22.8 Å². The minimum Gasteiger partial charge on any atom is -0.462 e. The average Bonchev–Trinajstić information content (AvgIpc) is 3.01. The summed E-state index contributed by atoms with van der Waals surface area (Å²) in [4.78, 5) is 12.2. The van der Waals surface area contributed by atoms with E-state index in [0.29, 0.717) is 24.4 Å². The third-order valence-corrected chi connectivity index (χ3v) is 3.49. The second-order valence-corrected chi connectivity index (χ2v) is 5.16. The Morgan fingerprint density at radius 3 is 2.35 bits per heavy atom. The van der Waals surface area contributed by atoms with Gasteiger partial charge in [0.1, 0.15) is 11.3 Å². The number of rotatable bonds is 5. The molecule has 0 fully saturated rings. The van der Waals surface area contributed by atoms with E-state index in [1.807, 2.05) is 60.7 Å². The van der Waals surface area contributed by atoms with E-state index in [1.165, 1.54) is 0 Å². The first-order valence-electron chi connectivity index (χ1n) is 7.62. The fourth-order valence-electron chi connectivity index (χ4n) is 2.44. The summed E-state index contributed by atoms with van der Waals surface area (Å²) in [7, 11) is 0. The van der Waals surface area contributed by atoms with Crippen LogP contribution in [0.15, 0.2) is 66.9 Å². The molecule has 0 amide bonds. The van der Waals surface area contributed by atoms with Gasteiger partial charge in [-0.3, -0.25) is 4.68 Å². The second-order valence-electron chi connectivity index (χ2n) is 5.16. The van der Waals surface area contributed by atoms with Crippen molar-refractivity contribution < 1.29 is 9.53 Å². The Labute approximate surface area is 135 Å². The molecule has 3 aromatic rings. The molecule has 1 aromatic heterocycles. The molecule has 3 rings (SSSR count). The fourth-order valence-corrected chi connectivity index (χ4v) is 2.44. The minimum atomic E-state index is -0.342. The molecule has 0 aliphatic heterocycles. The zero-order valence-corrected chi connectivity index (χ0v) is 13.0. The molecule has 0 saturated heterocycles. The molecule has 2 aromatic carbocycles. The quantitative estimate of drug-likeness (QED) is 0.674. The molecule has 0 spiro atoms. The maximum absolute atomic E-state index is 12.2. The van der Waals surface area contributed by atoms with Gasteiger partial charge in [-0.25, -0.2) is 4.79 Å². The van der Waals surface area contributed by atoms with Crippen LogP contribution in [0.5, 0.6) is 0 Å². The van der Waals surface area contributed by atoms with Gasteiger partial charge < -0.3 is 4.74 Å². The first-order valence-corrected chi connectivity index (χ1v) is 7.62. The molecule has 0 saturated carbocycles. The number of hydrogen-bond acceptors (Lipinski definition) is 3. The van der Waals surface area contributed by atoms with Crippen molar-refractivity contribution in [2.45, 2.75) is 13.5 Å². The summed E-state index contributed by atoms with van der Waals surface area (Å²) in [6.07, 6.45) is 1.76. The summed E-state index contributed by atoms with van der Waals surface area (Å²) in [5.74, 6) is -0.342. The van der Waals surface area contributed by atoms with E-state index in [4.69, 9.17) is 4.74 Å². The van der Waals surface area contributed by atoms with Gasteiger partial charge >= 0.3 is 5.97 Å². The summed E-state index contributed by atoms with van der Waals surface area (Å²) < 4.78 is 6.94. The van der Waals surface area contributed by atoms with Crippen LogP contribution in [0.25, 0.3) is 11.3 Å². The zero-order valence-electron chi connectivity index (χ0n) is 13.0. The monoisotopic (exact) mass is 306 g/mol. The SMILES string of the molecule is CCOC(=O)c1cn(Cc2ccccc2)nc1-c1ccccc1. The predicted octanol–water partition coefficient (Wildman–Crippen LogP) is 3.78. The van der Waals surface area contributed by atoms with Gasteiger partial charge in [0.15, 0.2) is 0 Å². The Bertz CT molecular complexity index is 780. The summed E-state index contributed by atoms with van der Waals surface area (Å²) in [6.45, 7) is 2.76. The summed E-state index contributed by atoms with van der Waals surface area (Å²) in [5, 5.41) is 4.59. The van der Waals surface area contributed by atoms with Crippen molar-refractivity contribution in [3.63, 3.8) is 0 Å². The number of carbonyl (C=O) groups is 1. The van der Waals surface area contributed by atoms with Gasteiger partial charge in [0.2, 0.25) is 0 Å². The van der Waals surface area contributed by atoms with Crippen LogP contribution in [-0.2, 0) is 11.3 Å². The number of nitrogens with zero attached hydrogens (tertiary/aromatic N) is 2. The normalized spacial score (nSPS) is 10.5. The van der Waals surface area contributed by atoms with E-state index in [-0.39, 0.29) is 5.97 Å². The number of carbonyl (C=O) groups excluding carboxylic acids is 1. The predicted molar refractivity (Wildman–Crippen MR) is 89.2 cm³/mol. The highest BCUT2D eigenvalue weighted by Gasteiger charge is 2.18. The van der Waals surface area contributed by atoms with E-state index in [2.05, 4.69) is 5.10 Å². The highest BCUT2D eigenvalue weighted by Crippen LogP contribution is 2.23. The van der Waals surface area contributed by atoms with E-state index in [1.54, 1.807) is 17.8 Å². The molecule has 116 valence electrons. The maximum Gasteiger partial charge on any atom is 0.341 e. The van der Waals surface area contributed by atoms with Crippen molar-refractivity contribution in [2.24, 2.45) is 0 Å². The van der Waals surface area contributed by atoms with Gasteiger partial charge in [-0.1, -0.05) is 60.7 Å². The molecule has 0 unspecified atom stereocenters. The Morgan fingerprint density at radius 1 is 1.04 bits per heavy atom. The lowest BCUT2D eigenvalue weighted by atomic mass is 10.1. The standard InChI is InChI=1S/C19H18N2O2/c1-2-23-19(22)17-14-21(13-15-9-5-3-6-10-15)20-18(17)16-11-7-4-8-12-16/h3-12,14H,2,13H2,1H3. The molecule has 4 heteroatoms. The lowest BCUT2D eigenvalue weighted by Crippen LogP contribution is -2.05. The topological polar surface area (TPSA) is 44.1 Å². The van der Waals surface area contributed by atoms with Gasteiger partial charge in [0.05, 0.1) is 13.2 Å². The van der Waals surface area contributed by atoms with Crippen molar-refractivity contribution in [3.8, 4) is 11.3 Å². The number of aromatic nitrogens is 2. The Kier molecular flexibility index (Phi) is 4.52. The molecular weight excluding hydrogens is 288 g/mol. The van der Waals surface area contributed by atoms with E-state index in [9.17, 15) is 4.79 Å². The third kappa shape index (κ3) is 3.48. The van der Waals surface area contributed by atoms with Crippen LogP contribution in [0, 0.1) is 0 Å². The number of ether oxygens (including phenoxy) is 1. The summed E-state index contributed by atoms with van der Waals surface area (Å²) in [6, 6.07) is 19.7. The van der Waals surface area contributed by atoms with Gasteiger partial charge in [-0.15, -0.1) is 0 Å². The average molecular weight is 306 g/mol. The molecule has 23 heavy (non-hydrogen) atoms. The van der Waals surface area contributed by atoms with E-state index < -0.39 is 0 Å². The summed E-state index contributed by atoms with van der Waals surface area (Å²) >= 11 is 0. The molecule has 0 aliphatic rings. The van der Waals surface area contributed by atoms with Crippen LogP contribution < -0.4 is 0 Å². The van der Waals surface area contributed by atoms with Crippen LogP contribution in [-0.4, -0.2) is 22.4 Å². The van der Waals surface area contributed by atoms with Crippen molar-refractivity contribution in [2.75, 3.05) is 6.61 Å². The van der Waals surface area contributed by atoms with Crippen LogP contribution in [0.2, 0.25) is 0 Å². The number of hydrogen-bond donors (Lipinski definition) is 0. The lowest BCUT2D eigenvalue weighted by molar-refractivity contribution is 0.0527. The molecule has 0 N–H and O–H groups in total. The Balaban J connectivity index is 1.98. The molecular formula is C19H18N2O2. The van der Waals surface area contributed by atoms with Gasteiger partial charge in [-0.2, -0.15) is 5.10 Å². The third-order valence-electron chi connectivity index (χ3n) is 3.49. The fraction of sp³-hybridized carbons (Fsp3) is 0.158. The molecule has 0 aliphatic carbocycles. The van der Waals surface area contributed by atoms with Gasteiger partial charge in [0.25, 0.3) is 0 Å². The minimum absolute atomic E-state index is 0.342. The van der Waals surface area contributed by atoms with Crippen LogP contribution in [0.3, 0.4) is 0 Å². The highest BCUT2D eigenvalue weighted by molar-refractivity contribution is 5.96. The van der Waals surface area contributed by atoms with Crippen molar-refractivity contribution in [1.29, 1.82) is 0 Å². The molecule has 4 nitrogen and oxygen atoms in total. The van der Waals surface area contributed by atoms with Crippen LogP contribution in [0.4, 0.5) is 0 Å². The van der Waals surface area contributed by atoms with Gasteiger partial charge in [0, 0.05) is 11.8 Å². The molecule has 0 bridgehead atoms. The maximum atomic E-state index is 12.2. The van der Waals surface area contributed by atoms with E-state index >= 15 is 0 Å². The molecule has 0 radical (unpaired) electrons. The number of esters is 1. The zero-order chi connectivity index (χ0) is 16.1. The van der Waals surface area contributed by atoms with Gasteiger partial charge in [-0.05, 0) is 12.5 Å². The summed E-state index contributed by atoms with van der Waals surface area (Å²) in [5.41, 5.74) is 3.18. The molecule has 0 atom stereocenters. The lowest BCUT2D eigenvalue weighted by Gasteiger charge is -2.02. The van der Waals surface area contributed by atoms with Crippen molar-refractivity contribution in [1.82, 2.24) is 9.78 Å². The Morgan fingerprint density at radius 2 is 1.70 bits per heavy atom.